The first-order chi connectivity index (χ1) is 8.34. The third-order valence-electron chi connectivity index (χ3n) is 3.83. The first kappa shape index (κ1) is 11.1. The molecule has 1 aromatic rings. The van der Waals surface area contributed by atoms with Crippen LogP contribution >= 0.6 is 0 Å². The van der Waals surface area contributed by atoms with Crippen LogP contribution in [0.5, 0.6) is 0 Å². The van der Waals surface area contributed by atoms with Gasteiger partial charge in [-0.1, -0.05) is 18.2 Å². The fraction of sp³-hybridized carbons (Fsp3) is 0.571. The molecule has 0 bridgehead atoms. The molecule has 3 N–H and O–H groups in total. The Morgan fingerprint density at radius 3 is 2.82 bits per heavy atom. The highest BCUT2D eigenvalue weighted by Crippen LogP contribution is 2.38. The maximum absolute atomic E-state index is 5.94. The van der Waals surface area contributed by atoms with Gasteiger partial charge in [0.2, 0.25) is 0 Å². The summed E-state index contributed by atoms with van der Waals surface area (Å²) in [5.74, 6) is 0.808. The number of ether oxygens (including phenoxy) is 1. The predicted molar refractivity (Wildman–Crippen MR) is 68.6 cm³/mol. The summed E-state index contributed by atoms with van der Waals surface area (Å²) in [5.41, 5.74) is 8.01. The average Bonchev–Trinajstić information content (AvgIpc) is 3.08. The Labute approximate surface area is 102 Å². The molecule has 1 heterocycles. The van der Waals surface area contributed by atoms with Crippen molar-refractivity contribution in [2.24, 2.45) is 5.92 Å². The van der Waals surface area contributed by atoms with Crippen LogP contribution in [0.2, 0.25) is 0 Å². The lowest BCUT2D eigenvalue weighted by Crippen LogP contribution is -2.37. The van der Waals surface area contributed by atoms with E-state index >= 15 is 0 Å². The van der Waals surface area contributed by atoms with Gasteiger partial charge < -0.3 is 15.8 Å². The van der Waals surface area contributed by atoms with Crippen LogP contribution in [0.1, 0.15) is 24.8 Å². The number of nitrogens with one attached hydrogen (secondary N) is 1. The van der Waals surface area contributed by atoms with E-state index in [1.807, 2.05) is 18.2 Å². The normalized spacial score (nSPS) is 28.5. The van der Waals surface area contributed by atoms with Crippen molar-refractivity contribution >= 4 is 5.69 Å². The minimum Gasteiger partial charge on any atom is -0.398 e. The standard InChI is InChI=1S/C14H20N2O/c15-12-4-2-1-3-11(12)9-16-13-7-8-17-14(13)10-5-6-10/h1-4,10,13-14,16H,5-9,15H2. The van der Waals surface area contributed by atoms with E-state index in [4.69, 9.17) is 10.5 Å². The van der Waals surface area contributed by atoms with Crippen molar-refractivity contribution in [1.82, 2.24) is 5.32 Å². The molecule has 2 aliphatic rings. The third kappa shape index (κ3) is 2.45. The van der Waals surface area contributed by atoms with E-state index in [1.54, 1.807) is 0 Å². The van der Waals surface area contributed by atoms with Crippen molar-refractivity contribution in [2.45, 2.75) is 38.0 Å². The Kier molecular flexibility index (Phi) is 3.04. The Morgan fingerprint density at radius 1 is 1.24 bits per heavy atom. The van der Waals surface area contributed by atoms with Crippen LogP contribution in [-0.2, 0) is 11.3 Å². The Hall–Kier alpha value is -1.06. The molecule has 3 rings (SSSR count). The second-order valence-corrected chi connectivity index (χ2v) is 5.15. The lowest BCUT2D eigenvalue weighted by molar-refractivity contribution is 0.0809. The molecule has 1 aliphatic carbocycles. The quantitative estimate of drug-likeness (QED) is 0.780. The van der Waals surface area contributed by atoms with Crippen LogP contribution < -0.4 is 11.1 Å². The number of benzene rings is 1. The Morgan fingerprint density at radius 2 is 2.06 bits per heavy atom. The fourth-order valence-corrected chi connectivity index (χ4v) is 2.66. The monoisotopic (exact) mass is 232 g/mol. The molecule has 17 heavy (non-hydrogen) atoms. The molecule has 2 atom stereocenters. The molecule has 0 aromatic heterocycles. The summed E-state index contributed by atoms with van der Waals surface area (Å²) in [6, 6.07) is 8.58. The van der Waals surface area contributed by atoms with E-state index in [1.165, 1.54) is 18.4 Å². The summed E-state index contributed by atoms with van der Waals surface area (Å²) in [6.07, 6.45) is 4.26. The summed E-state index contributed by atoms with van der Waals surface area (Å²) in [7, 11) is 0. The zero-order valence-electron chi connectivity index (χ0n) is 10.1. The number of anilines is 1. The SMILES string of the molecule is Nc1ccccc1CNC1CCOC1C1CC1. The second-order valence-electron chi connectivity index (χ2n) is 5.15. The summed E-state index contributed by atoms with van der Waals surface area (Å²) < 4.78 is 5.81. The van der Waals surface area contributed by atoms with Gasteiger partial charge in [0.05, 0.1) is 6.10 Å². The van der Waals surface area contributed by atoms with Crippen LogP contribution in [0.25, 0.3) is 0 Å². The number of hydrogen-bond donors (Lipinski definition) is 2. The van der Waals surface area contributed by atoms with Crippen LogP contribution in [0.4, 0.5) is 5.69 Å². The molecule has 2 unspecified atom stereocenters. The van der Waals surface area contributed by atoms with Crippen molar-refractivity contribution in [3.63, 3.8) is 0 Å². The van der Waals surface area contributed by atoms with Gasteiger partial charge in [-0.05, 0) is 36.8 Å². The van der Waals surface area contributed by atoms with Gasteiger partial charge >= 0.3 is 0 Å². The van der Waals surface area contributed by atoms with Crippen molar-refractivity contribution in [1.29, 1.82) is 0 Å². The number of nitrogens with two attached hydrogens (primary N) is 1. The lowest BCUT2D eigenvalue weighted by Gasteiger charge is -2.20. The van der Waals surface area contributed by atoms with E-state index in [0.717, 1.165) is 31.2 Å². The lowest BCUT2D eigenvalue weighted by atomic mass is 10.1. The van der Waals surface area contributed by atoms with Gasteiger partial charge in [0.15, 0.2) is 0 Å². The van der Waals surface area contributed by atoms with Crippen molar-refractivity contribution < 1.29 is 4.74 Å². The smallest absolute Gasteiger partial charge is 0.0757 e. The van der Waals surface area contributed by atoms with Crippen molar-refractivity contribution in [3.8, 4) is 0 Å². The minimum atomic E-state index is 0.444. The summed E-state index contributed by atoms with van der Waals surface area (Å²) in [5, 5.41) is 3.61. The molecule has 2 fully saturated rings. The third-order valence-corrected chi connectivity index (χ3v) is 3.83. The van der Waals surface area contributed by atoms with Crippen LogP contribution in [0, 0.1) is 5.92 Å². The van der Waals surface area contributed by atoms with Crippen LogP contribution in [-0.4, -0.2) is 18.8 Å². The topological polar surface area (TPSA) is 47.3 Å². The van der Waals surface area contributed by atoms with Gasteiger partial charge in [0, 0.05) is 24.9 Å². The van der Waals surface area contributed by atoms with Crippen LogP contribution in [0.15, 0.2) is 24.3 Å². The predicted octanol–water partition coefficient (Wildman–Crippen LogP) is 1.93. The van der Waals surface area contributed by atoms with Crippen LogP contribution in [0.3, 0.4) is 0 Å². The average molecular weight is 232 g/mol. The molecule has 0 spiro atoms. The molecule has 1 aliphatic heterocycles. The van der Waals surface area contributed by atoms with Gasteiger partial charge in [0.1, 0.15) is 0 Å². The maximum atomic E-state index is 5.94. The summed E-state index contributed by atoms with van der Waals surface area (Å²) in [6.45, 7) is 1.76. The molecular formula is C14H20N2O. The van der Waals surface area contributed by atoms with E-state index in [-0.39, 0.29) is 0 Å². The van der Waals surface area contributed by atoms with Gasteiger partial charge in [-0.3, -0.25) is 0 Å². The van der Waals surface area contributed by atoms with E-state index in [9.17, 15) is 0 Å². The molecule has 3 heteroatoms. The fourth-order valence-electron chi connectivity index (χ4n) is 2.66. The molecule has 1 aromatic carbocycles. The molecule has 1 saturated carbocycles. The van der Waals surface area contributed by atoms with Crippen molar-refractivity contribution in [3.05, 3.63) is 29.8 Å². The van der Waals surface area contributed by atoms with Gasteiger partial charge in [-0.15, -0.1) is 0 Å². The molecule has 3 nitrogen and oxygen atoms in total. The first-order valence-corrected chi connectivity index (χ1v) is 6.53. The summed E-state index contributed by atoms with van der Waals surface area (Å²) >= 11 is 0. The first-order valence-electron chi connectivity index (χ1n) is 6.53. The molecule has 0 radical (unpaired) electrons. The maximum Gasteiger partial charge on any atom is 0.0757 e. The number of hydrogen-bond acceptors (Lipinski definition) is 3. The van der Waals surface area contributed by atoms with Gasteiger partial charge in [0.25, 0.3) is 0 Å². The van der Waals surface area contributed by atoms with Gasteiger partial charge in [-0.2, -0.15) is 0 Å². The number of rotatable bonds is 4. The highest BCUT2D eigenvalue weighted by Gasteiger charge is 2.40. The Balaban J connectivity index is 1.58. The second kappa shape index (κ2) is 4.67. The highest BCUT2D eigenvalue weighted by molar-refractivity contribution is 5.46. The zero-order chi connectivity index (χ0) is 11.7. The molecule has 92 valence electrons. The van der Waals surface area contributed by atoms with Gasteiger partial charge in [-0.25, -0.2) is 0 Å². The van der Waals surface area contributed by atoms with E-state index in [0.29, 0.717) is 12.1 Å². The summed E-state index contributed by atoms with van der Waals surface area (Å²) in [4.78, 5) is 0. The largest absolute Gasteiger partial charge is 0.398 e. The van der Waals surface area contributed by atoms with Crippen molar-refractivity contribution in [2.75, 3.05) is 12.3 Å². The molecule has 1 saturated heterocycles. The minimum absolute atomic E-state index is 0.444. The number of para-hydroxylation sites is 1. The van der Waals surface area contributed by atoms with E-state index < -0.39 is 0 Å². The zero-order valence-corrected chi connectivity index (χ0v) is 10.1. The number of nitrogen functional groups attached to an aromatic ring is 1. The highest BCUT2D eigenvalue weighted by atomic mass is 16.5. The molecule has 0 amide bonds. The molecular weight excluding hydrogens is 212 g/mol. The Bertz CT molecular complexity index is 390. The van der Waals surface area contributed by atoms with E-state index in [2.05, 4.69) is 11.4 Å².